The summed E-state index contributed by atoms with van der Waals surface area (Å²) < 4.78 is 1.72. The molecule has 0 bridgehead atoms. The number of carbonyl (C=O) groups is 1. The molecule has 0 N–H and O–H groups in total. The molecule has 1 atom stereocenters. The van der Waals surface area contributed by atoms with Crippen molar-refractivity contribution in [1.82, 2.24) is 9.78 Å². The number of carbonyl (C=O) groups excluding carboxylic acids is 1. The van der Waals surface area contributed by atoms with Crippen molar-refractivity contribution in [2.24, 2.45) is 0 Å². The molecular formula is C14H15N3O3. The molecule has 6 nitrogen and oxygen atoms in total. The van der Waals surface area contributed by atoms with Gasteiger partial charge >= 0.3 is 0 Å². The van der Waals surface area contributed by atoms with Crippen LogP contribution in [0.2, 0.25) is 0 Å². The van der Waals surface area contributed by atoms with Crippen LogP contribution in [0.5, 0.6) is 0 Å². The van der Waals surface area contributed by atoms with Gasteiger partial charge in [-0.2, -0.15) is 5.10 Å². The monoisotopic (exact) mass is 273 g/mol. The Bertz CT molecular complexity index is 649. The molecule has 2 aromatic rings. The molecular weight excluding hydrogens is 258 g/mol. The van der Waals surface area contributed by atoms with Gasteiger partial charge in [-0.1, -0.05) is 19.1 Å². The fourth-order valence-corrected chi connectivity index (χ4v) is 1.90. The van der Waals surface area contributed by atoms with Gasteiger partial charge in [-0.3, -0.25) is 19.6 Å². The Morgan fingerprint density at radius 3 is 2.85 bits per heavy atom. The van der Waals surface area contributed by atoms with E-state index in [-0.39, 0.29) is 11.7 Å². The van der Waals surface area contributed by atoms with Gasteiger partial charge in [0.1, 0.15) is 5.69 Å². The number of rotatable bonds is 5. The van der Waals surface area contributed by atoms with E-state index in [2.05, 4.69) is 5.10 Å². The first-order valence-electron chi connectivity index (χ1n) is 6.36. The zero-order chi connectivity index (χ0) is 14.7. The van der Waals surface area contributed by atoms with E-state index in [0.717, 1.165) is 12.7 Å². The molecule has 0 saturated carbocycles. The van der Waals surface area contributed by atoms with E-state index in [4.69, 9.17) is 0 Å². The fourth-order valence-electron chi connectivity index (χ4n) is 1.90. The van der Waals surface area contributed by atoms with Gasteiger partial charge in [-0.25, -0.2) is 0 Å². The predicted octanol–water partition coefficient (Wildman–Crippen LogP) is 3.24. The lowest BCUT2D eigenvalue weighted by Gasteiger charge is -2.07. The van der Waals surface area contributed by atoms with Gasteiger partial charge in [0, 0.05) is 29.9 Å². The summed E-state index contributed by atoms with van der Waals surface area (Å²) in [6, 6.07) is 6.31. The van der Waals surface area contributed by atoms with Gasteiger partial charge in [-0.05, 0) is 13.3 Å². The maximum Gasteiger partial charge on any atom is 0.270 e. The molecule has 0 saturated heterocycles. The summed E-state index contributed by atoms with van der Waals surface area (Å²) in [5, 5.41) is 15.2. The second kappa shape index (κ2) is 5.64. The summed E-state index contributed by atoms with van der Waals surface area (Å²) >= 11 is 0. The van der Waals surface area contributed by atoms with Crippen molar-refractivity contribution in [3.63, 3.8) is 0 Å². The van der Waals surface area contributed by atoms with Gasteiger partial charge in [0.15, 0.2) is 6.29 Å². The number of benzene rings is 1. The lowest BCUT2D eigenvalue weighted by atomic mass is 10.1. The van der Waals surface area contributed by atoms with Crippen molar-refractivity contribution in [2.75, 3.05) is 0 Å². The molecule has 1 aromatic heterocycles. The second-order valence-corrected chi connectivity index (χ2v) is 4.60. The number of aromatic nitrogens is 2. The van der Waals surface area contributed by atoms with Crippen LogP contribution in [-0.2, 0) is 0 Å². The topological polar surface area (TPSA) is 78.0 Å². The third kappa shape index (κ3) is 2.59. The number of nitro benzene ring substituents is 1. The average molecular weight is 273 g/mol. The molecule has 1 heterocycles. The maximum absolute atomic E-state index is 11.2. The second-order valence-electron chi connectivity index (χ2n) is 4.60. The minimum atomic E-state index is -0.463. The smallest absolute Gasteiger partial charge is 0.270 e. The maximum atomic E-state index is 11.2. The standard InChI is InChI=1S/C14H15N3O3/c1-3-10(2)16-8-12(9-18)14(15-16)11-5-4-6-13(7-11)17(19)20/h4-10H,3H2,1-2H3. The van der Waals surface area contributed by atoms with Crippen molar-refractivity contribution in [1.29, 1.82) is 0 Å². The lowest BCUT2D eigenvalue weighted by Crippen LogP contribution is -2.04. The highest BCUT2D eigenvalue weighted by molar-refractivity contribution is 5.85. The zero-order valence-corrected chi connectivity index (χ0v) is 11.3. The number of hydrogen-bond acceptors (Lipinski definition) is 4. The summed E-state index contributed by atoms with van der Waals surface area (Å²) in [7, 11) is 0. The van der Waals surface area contributed by atoms with Gasteiger partial charge in [-0.15, -0.1) is 0 Å². The Kier molecular flexibility index (Phi) is 3.93. The zero-order valence-electron chi connectivity index (χ0n) is 11.3. The Labute approximate surface area is 116 Å². The molecule has 1 aromatic carbocycles. The third-order valence-electron chi connectivity index (χ3n) is 3.26. The van der Waals surface area contributed by atoms with E-state index in [1.165, 1.54) is 12.1 Å². The molecule has 0 radical (unpaired) electrons. The Morgan fingerprint density at radius 1 is 1.50 bits per heavy atom. The number of nitro groups is 1. The first kappa shape index (κ1) is 13.9. The first-order chi connectivity index (χ1) is 9.56. The molecule has 0 fully saturated rings. The normalized spacial score (nSPS) is 12.1. The predicted molar refractivity (Wildman–Crippen MR) is 74.7 cm³/mol. The SMILES string of the molecule is CCC(C)n1cc(C=O)c(-c2cccc([N+](=O)[O-])c2)n1. The van der Waals surface area contributed by atoms with Gasteiger partial charge in [0.2, 0.25) is 0 Å². The van der Waals surface area contributed by atoms with Crippen molar-refractivity contribution in [3.8, 4) is 11.3 Å². The fraction of sp³-hybridized carbons (Fsp3) is 0.286. The molecule has 20 heavy (non-hydrogen) atoms. The average Bonchev–Trinajstić information content (AvgIpc) is 2.90. The van der Waals surface area contributed by atoms with Crippen molar-refractivity contribution in [2.45, 2.75) is 26.3 Å². The van der Waals surface area contributed by atoms with Crippen LogP contribution in [0.15, 0.2) is 30.5 Å². The van der Waals surface area contributed by atoms with Gasteiger partial charge in [0.25, 0.3) is 5.69 Å². The molecule has 0 spiro atoms. The van der Waals surface area contributed by atoms with E-state index in [1.807, 2.05) is 13.8 Å². The van der Waals surface area contributed by atoms with Crippen molar-refractivity contribution < 1.29 is 9.72 Å². The Balaban J connectivity index is 2.51. The Morgan fingerprint density at radius 2 is 2.25 bits per heavy atom. The van der Waals surface area contributed by atoms with E-state index in [9.17, 15) is 14.9 Å². The highest BCUT2D eigenvalue weighted by Crippen LogP contribution is 2.26. The van der Waals surface area contributed by atoms with E-state index < -0.39 is 4.92 Å². The van der Waals surface area contributed by atoms with E-state index in [0.29, 0.717) is 16.8 Å². The van der Waals surface area contributed by atoms with Crippen LogP contribution in [0, 0.1) is 10.1 Å². The minimum Gasteiger partial charge on any atom is -0.298 e. The summed E-state index contributed by atoms with van der Waals surface area (Å²) in [5.41, 5.74) is 1.47. The van der Waals surface area contributed by atoms with E-state index in [1.54, 1.807) is 23.0 Å². The Hall–Kier alpha value is -2.50. The van der Waals surface area contributed by atoms with Gasteiger partial charge < -0.3 is 0 Å². The molecule has 0 aliphatic heterocycles. The third-order valence-corrected chi connectivity index (χ3v) is 3.26. The molecule has 2 rings (SSSR count). The van der Waals surface area contributed by atoms with Crippen molar-refractivity contribution in [3.05, 3.63) is 46.1 Å². The highest BCUT2D eigenvalue weighted by atomic mass is 16.6. The van der Waals surface area contributed by atoms with Crippen molar-refractivity contribution >= 4 is 12.0 Å². The van der Waals surface area contributed by atoms with Gasteiger partial charge in [0.05, 0.1) is 10.5 Å². The number of aldehydes is 1. The molecule has 6 heteroatoms. The van der Waals surface area contributed by atoms with Crippen LogP contribution in [-0.4, -0.2) is 21.0 Å². The van der Waals surface area contributed by atoms with Crippen LogP contribution in [0.3, 0.4) is 0 Å². The van der Waals surface area contributed by atoms with Crippen LogP contribution >= 0.6 is 0 Å². The largest absolute Gasteiger partial charge is 0.298 e. The number of nitrogens with zero attached hydrogens (tertiary/aromatic N) is 3. The first-order valence-corrected chi connectivity index (χ1v) is 6.36. The minimum absolute atomic E-state index is 0.0163. The highest BCUT2D eigenvalue weighted by Gasteiger charge is 2.15. The van der Waals surface area contributed by atoms with Crippen LogP contribution in [0.1, 0.15) is 36.7 Å². The molecule has 0 aliphatic carbocycles. The van der Waals surface area contributed by atoms with Crippen LogP contribution in [0.25, 0.3) is 11.3 Å². The lowest BCUT2D eigenvalue weighted by molar-refractivity contribution is -0.384. The molecule has 0 amide bonds. The molecule has 104 valence electrons. The quantitative estimate of drug-likeness (QED) is 0.476. The summed E-state index contributed by atoms with van der Waals surface area (Å²) in [6.45, 7) is 4.03. The number of hydrogen-bond donors (Lipinski definition) is 0. The number of non-ortho nitro benzene ring substituents is 1. The van der Waals surface area contributed by atoms with Crippen LogP contribution in [0.4, 0.5) is 5.69 Å². The molecule has 1 unspecified atom stereocenters. The van der Waals surface area contributed by atoms with E-state index >= 15 is 0 Å². The summed E-state index contributed by atoms with van der Waals surface area (Å²) in [5.74, 6) is 0. The molecule has 0 aliphatic rings. The van der Waals surface area contributed by atoms with Crippen LogP contribution < -0.4 is 0 Å². The summed E-state index contributed by atoms with van der Waals surface area (Å²) in [6.07, 6.45) is 3.28. The summed E-state index contributed by atoms with van der Waals surface area (Å²) in [4.78, 5) is 21.5.